The van der Waals surface area contributed by atoms with Crippen LogP contribution in [0, 0.1) is 0 Å². The first-order valence-electron chi connectivity index (χ1n) is 5.23. The summed E-state index contributed by atoms with van der Waals surface area (Å²) in [7, 11) is 0. The van der Waals surface area contributed by atoms with Crippen molar-refractivity contribution in [1.82, 2.24) is 0 Å². The van der Waals surface area contributed by atoms with Gasteiger partial charge in [-0.25, -0.2) is 0 Å². The molecule has 1 aromatic carbocycles. The Bertz CT molecular complexity index is 390. The first-order chi connectivity index (χ1) is 7.40. The Hall–Kier alpha value is -1.09. The molecule has 0 aliphatic carbocycles. The maximum Gasteiger partial charge on any atom is 0.159 e. The molecule has 0 heterocycles. The lowest BCUT2D eigenvalue weighted by Crippen LogP contribution is -1.99. The Morgan fingerprint density at radius 3 is 1.75 bits per heavy atom. The first-order valence-corrected chi connectivity index (χ1v) is 6.11. The van der Waals surface area contributed by atoms with Crippen LogP contribution >= 0.6 is 11.8 Å². The van der Waals surface area contributed by atoms with Crippen LogP contribution in [0.1, 0.15) is 48.4 Å². The van der Waals surface area contributed by atoms with Crippen molar-refractivity contribution in [3.63, 3.8) is 0 Å². The Morgan fingerprint density at radius 2 is 1.44 bits per heavy atom. The molecule has 0 aliphatic rings. The second-order valence-electron chi connectivity index (χ2n) is 4.03. The van der Waals surface area contributed by atoms with E-state index in [1.54, 1.807) is 17.8 Å². The van der Waals surface area contributed by atoms with Crippen LogP contribution in [-0.4, -0.2) is 16.8 Å². The molecule has 0 saturated heterocycles. The van der Waals surface area contributed by atoms with Crippen molar-refractivity contribution < 1.29 is 9.59 Å². The second-order valence-corrected chi connectivity index (χ2v) is 5.67. The SMILES string of the molecule is CC(=O)c1cc(SC(C)C)cc(C(C)=O)c1. The van der Waals surface area contributed by atoms with E-state index in [2.05, 4.69) is 13.8 Å². The lowest BCUT2D eigenvalue weighted by Gasteiger charge is -2.08. The minimum Gasteiger partial charge on any atom is -0.295 e. The number of carbonyl (C=O) groups is 2. The van der Waals surface area contributed by atoms with Gasteiger partial charge in [0.05, 0.1) is 0 Å². The van der Waals surface area contributed by atoms with Crippen molar-refractivity contribution in [2.24, 2.45) is 0 Å². The van der Waals surface area contributed by atoms with Crippen LogP contribution in [0.2, 0.25) is 0 Å². The largest absolute Gasteiger partial charge is 0.295 e. The van der Waals surface area contributed by atoms with E-state index < -0.39 is 0 Å². The summed E-state index contributed by atoms with van der Waals surface area (Å²) < 4.78 is 0. The fourth-order valence-corrected chi connectivity index (χ4v) is 2.28. The highest BCUT2D eigenvalue weighted by Gasteiger charge is 2.09. The Kier molecular flexibility index (Phi) is 4.30. The number of rotatable bonds is 4. The summed E-state index contributed by atoms with van der Waals surface area (Å²) in [5.41, 5.74) is 1.21. The van der Waals surface area contributed by atoms with Gasteiger partial charge in [0.15, 0.2) is 11.6 Å². The van der Waals surface area contributed by atoms with Crippen molar-refractivity contribution in [1.29, 1.82) is 0 Å². The van der Waals surface area contributed by atoms with Crippen LogP contribution in [0.3, 0.4) is 0 Å². The van der Waals surface area contributed by atoms with Crippen LogP contribution < -0.4 is 0 Å². The molecular weight excluding hydrogens is 220 g/mol. The lowest BCUT2D eigenvalue weighted by atomic mass is 10.1. The van der Waals surface area contributed by atoms with Gasteiger partial charge in [-0.05, 0) is 32.0 Å². The summed E-state index contributed by atoms with van der Waals surface area (Å²) in [5.74, 6) is -0.0117. The van der Waals surface area contributed by atoms with E-state index in [4.69, 9.17) is 0 Å². The number of carbonyl (C=O) groups excluding carboxylic acids is 2. The third-order valence-electron chi connectivity index (χ3n) is 2.09. The van der Waals surface area contributed by atoms with Crippen molar-refractivity contribution in [3.8, 4) is 0 Å². The Balaban J connectivity index is 3.18. The minimum atomic E-state index is -0.00583. The van der Waals surface area contributed by atoms with E-state index >= 15 is 0 Å². The van der Waals surface area contributed by atoms with Crippen LogP contribution in [0.25, 0.3) is 0 Å². The summed E-state index contributed by atoms with van der Waals surface area (Å²) in [6.45, 7) is 7.20. The third kappa shape index (κ3) is 3.49. The van der Waals surface area contributed by atoms with Gasteiger partial charge in [-0.2, -0.15) is 0 Å². The Morgan fingerprint density at radius 1 is 1.00 bits per heavy atom. The topological polar surface area (TPSA) is 34.1 Å². The highest BCUT2D eigenvalue weighted by Crippen LogP contribution is 2.25. The molecule has 0 radical (unpaired) electrons. The molecule has 0 N–H and O–H groups in total. The van der Waals surface area contributed by atoms with Gasteiger partial charge in [0.1, 0.15) is 0 Å². The average molecular weight is 236 g/mol. The molecule has 1 aromatic rings. The normalized spacial score (nSPS) is 10.6. The first kappa shape index (κ1) is 13.0. The average Bonchev–Trinajstić information content (AvgIpc) is 2.15. The van der Waals surface area contributed by atoms with Gasteiger partial charge >= 0.3 is 0 Å². The molecule has 0 aliphatic heterocycles. The van der Waals surface area contributed by atoms with Crippen LogP contribution in [-0.2, 0) is 0 Å². The molecule has 0 spiro atoms. The van der Waals surface area contributed by atoms with Crippen molar-refractivity contribution in [2.45, 2.75) is 37.8 Å². The molecule has 86 valence electrons. The number of hydrogen-bond donors (Lipinski definition) is 0. The maximum absolute atomic E-state index is 11.3. The number of hydrogen-bond acceptors (Lipinski definition) is 3. The summed E-state index contributed by atoms with van der Waals surface area (Å²) in [5, 5.41) is 0.432. The molecule has 3 heteroatoms. The van der Waals surface area contributed by atoms with Crippen LogP contribution in [0.4, 0.5) is 0 Å². The molecule has 0 amide bonds. The van der Waals surface area contributed by atoms with Crippen molar-refractivity contribution in [3.05, 3.63) is 29.3 Å². The summed E-state index contributed by atoms with van der Waals surface area (Å²) in [6.07, 6.45) is 0. The van der Waals surface area contributed by atoms with Gasteiger partial charge < -0.3 is 0 Å². The zero-order chi connectivity index (χ0) is 12.3. The van der Waals surface area contributed by atoms with Gasteiger partial charge in [0.2, 0.25) is 0 Å². The highest BCUT2D eigenvalue weighted by molar-refractivity contribution is 7.99. The lowest BCUT2D eigenvalue weighted by molar-refractivity contribution is 0.101. The van der Waals surface area contributed by atoms with Gasteiger partial charge in [0, 0.05) is 21.3 Å². The molecule has 0 atom stereocenters. The summed E-state index contributed by atoms with van der Waals surface area (Å²) in [6, 6.07) is 5.36. The van der Waals surface area contributed by atoms with E-state index in [1.807, 2.05) is 12.1 Å². The summed E-state index contributed by atoms with van der Waals surface area (Å²) in [4.78, 5) is 23.7. The molecule has 0 bridgehead atoms. The predicted octanol–water partition coefficient (Wildman–Crippen LogP) is 3.59. The quantitative estimate of drug-likeness (QED) is 0.591. The van der Waals surface area contributed by atoms with Gasteiger partial charge in [-0.3, -0.25) is 9.59 Å². The van der Waals surface area contributed by atoms with E-state index in [9.17, 15) is 9.59 Å². The molecule has 0 unspecified atom stereocenters. The fraction of sp³-hybridized carbons (Fsp3) is 0.385. The van der Waals surface area contributed by atoms with Crippen molar-refractivity contribution >= 4 is 23.3 Å². The molecule has 0 saturated carbocycles. The molecule has 0 aromatic heterocycles. The van der Waals surface area contributed by atoms with E-state index in [1.165, 1.54) is 13.8 Å². The van der Waals surface area contributed by atoms with Gasteiger partial charge in [-0.15, -0.1) is 11.8 Å². The molecule has 1 rings (SSSR count). The van der Waals surface area contributed by atoms with E-state index in [0.29, 0.717) is 16.4 Å². The molecule has 0 fully saturated rings. The molecule has 2 nitrogen and oxygen atoms in total. The second kappa shape index (κ2) is 5.30. The molecule has 16 heavy (non-hydrogen) atoms. The number of Topliss-reactive ketones (excluding diaryl/α,β-unsaturated/α-hetero) is 2. The summed E-state index contributed by atoms with van der Waals surface area (Å²) >= 11 is 1.66. The predicted molar refractivity (Wildman–Crippen MR) is 67.4 cm³/mol. The fourth-order valence-electron chi connectivity index (χ4n) is 1.35. The van der Waals surface area contributed by atoms with E-state index in [-0.39, 0.29) is 11.6 Å². The van der Waals surface area contributed by atoms with Gasteiger partial charge in [-0.1, -0.05) is 13.8 Å². The van der Waals surface area contributed by atoms with Gasteiger partial charge in [0.25, 0.3) is 0 Å². The van der Waals surface area contributed by atoms with E-state index in [0.717, 1.165) is 4.90 Å². The number of ketones is 2. The molecular formula is C13H16O2S. The maximum atomic E-state index is 11.3. The van der Waals surface area contributed by atoms with Crippen LogP contribution in [0.5, 0.6) is 0 Å². The van der Waals surface area contributed by atoms with Crippen molar-refractivity contribution in [2.75, 3.05) is 0 Å². The minimum absolute atomic E-state index is 0.00583. The Labute approximate surface area is 100 Å². The zero-order valence-electron chi connectivity index (χ0n) is 10.0. The zero-order valence-corrected chi connectivity index (χ0v) is 10.9. The number of thioether (sulfide) groups is 1. The monoisotopic (exact) mass is 236 g/mol. The van der Waals surface area contributed by atoms with Crippen LogP contribution in [0.15, 0.2) is 23.1 Å². The smallest absolute Gasteiger partial charge is 0.159 e. The highest BCUT2D eigenvalue weighted by atomic mass is 32.2. The third-order valence-corrected chi connectivity index (χ3v) is 3.07. The number of benzene rings is 1. The standard InChI is InChI=1S/C13H16O2S/c1-8(2)16-13-6-11(9(3)14)5-12(7-13)10(4)15/h5-8H,1-4H3.